The molecule has 4 N–H and O–H groups in total. The van der Waals surface area contributed by atoms with E-state index in [-0.39, 0.29) is 18.8 Å². The Labute approximate surface area is 184 Å². The van der Waals surface area contributed by atoms with Gasteiger partial charge in [-0.25, -0.2) is 4.39 Å². The zero-order chi connectivity index (χ0) is 22.3. The number of aliphatic hydroxyl groups is 2. The van der Waals surface area contributed by atoms with Gasteiger partial charge in [0.05, 0.1) is 31.2 Å². The van der Waals surface area contributed by atoms with E-state index in [2.05, 4.69) is 0 Å². The Morgan fingerprint density at radius 2 is 1.81 bits per heavy atom. The number of halogens is 1. The molecule has 5 atom stereocenters. The van der Waals surface area contributed by atoms with E-state index < -0.39 is 36.1 Å². The summed E-state index contributed by atoms with van der Waals surface area (Å²) in [7, 11) is 1.57. The molecule has 2 fully saturated rings. The Morgan fingerprint density at radius 1 is 1.16 bits per heavy atom. The van der Waals surface area contributed by atoms with E-state index in [1.165, 1.54) is 12.1 Å². The molecular formula is C22H24FN3O4S. The molecule has 2 aromatic rings. The van der Waals surface area contributed by atoms with Crippen LogP contribution in [-0.2, 0) is 11.3 Å². The molecule has 0 aromatic heterocycles. The van der Waals surface area contributed by atoms with Crippen molar-refractivity contribution in [1.29, 1.82) is 0 Å². The van der Waals surface area contributed by atoms with Crippen molar-refractivity contribution >= 4 is 28.9 Å². The molecule has 1 saturated carbocycles. The molecule has 7 nitrogen and oxygen atoms in total. The number of carbonyl (C=O) groups is 1. The van der Waals surface area contributed by atoms with E-state index in [9.17, 15) is 19.4 Å². The molecule has 1 aliphatic carbocycles. The Morgan fingerprint density at radius 3 is 2.39 bits per heavy atom. The lowest BCUT2D eigenvalue weighted by Gasteiger charge is -2.42. The van der Waals surface area contributed by atoms with Gasteiger partial charge in [-0.2, -0.15) is 0 Å². The second kappa shape index (κ2) is 8.41. The van der Waals surface area contributed by atoms with E-state index in [0.29, 0.717) is 10.9 Å². The third kappa shape index (κ3) is 3.84. The Balaban J connectivity index is 1.77. The summed E-state index contributed by atoms with van der Waals surface area (Å²) in [6.45, 7) is 0.280. The van der Waals surface area contributed by atoms with Crippen molar-refractivity contribution in [3.63, 3.8) is 0 Å². The van der Waals surface area contributed by atoms with Crippen LogP contribution in [0.2, 0.25) is 0 Å². The van der Waals surface area contributed by atoms with E-state index in [1.54, 1.807) is 36.3 Å². The lowest BCUT2D eigenvalue weighted by Crippen LogP contribution is -2.60. The molecule has 0 spiro atoms. The Bertz CT molecular complexity index is 972. The number of hydrogen-bond acceptors (Lipinski definition) is 5. The summed E-state index contributed by atoms with van der Waals surface area (Å²) in [6.07, 6.45) is -2.22. The summed E-state index contributed by atoms with van der Waals surface area (Å²) in [4.78, 5) is 15.9. The van der Waals surface area contributed by atoms with Crippen LogP contribution in [0.4, 0.5) is 10.1 Å². The maximum absolute atomic E-state index is 13.4. The van der Waals surface area contributed by atoms with Crippen molar-refractivity contribution < 1.29 is 24.1 Å². The van der Waals surface area contributed by atoms with Crippen LogP contribution in [0.5, 0.6) is 5.75 Å². The number of fused-ring (bicyclic) bond motifs is 1. The molecule has 0 radical (unpaired) electrons. The second-order valence-corrected chi connectivity index (χ2v) is 8.25. The molecule has 2 aromatic carbocycles. The molecule has 1 amide bonds. The molecule has 9 heteroatoms. The van der Waals surface area contributed by atoms with Gasteiger partial charge in [0.2, 0.25) is 5.91 Å². The summed E-state index contributed by atoms with van der Waals surface area (Å²) in [6, 6.07) is 12.0. The molecule has 0 bridgehead atoms. The quantitative estimate of drug-likeness (QED) is 0.599. The van der Waals surface area contributed by atoms with E-state index >= 15 is 0 Å². The lowest BCUT2D eigenvalue weighted by atomic mass is 9.76. The van der Waals surface area contributed by atoms with Crippen LogP contribution in [0.15, 0.2) is 48.5 Å². The van der Waals surface area contributed by atoms with Crippen molar-refractivity contribution in [2.75, 3.05) is 12.0 Å². The average molecular weight is 446 g/mol. The monoisotopic (exact) mass is 445 g/mol. The molecule has 164 valence electrons. The number of methoxy groups -OCH3 is 1. The van der Waals surface area contributed by atoms with Gasteiger partial charge in [-0.1, -0.05) is 12.1 Å². The minimum absolute atomic E-state index is 0.0390. The molecule has 1 saturated heterocycles. The highest BCUT2D eigenvalue weighted by Gasteiger charge is 2.56. The number of nitrogens with two attached hydrogens (primary N) is 1. The number of ether oxygens (including phenoxy) is 1. The largest absolute Gasteiger partial charge is 0.497 e. The van der Waals surface area contributed by atoms with Crippen LogP contribution in [0.3, 0.4) is 0 Å². The minimum Gasteiger partial charge on any atom is -0.497 e. The molecule has 2 aliphatic rings. The molecule has 4 rings (SSSR count). The van der Waals surface area contributed by atoms with Gasteiger partial charge in [0.1, 0.15) is 17.7 Å². The first-order valence-electron chi connectivity index (χ1n) is 9.95. The zero-order valence-corrected chi connectivity index (χ0v) is 17.7. The number of nitrogens with zero attached hydrogens (tertiary/aromatic N) is 2. The van der Waals surface area contributed by atoms with Crippen molar-refractivity contribution in [2.24, 2.45) is 11.7 Å². The fourth-order valence-corrected chi connectivity index (χ4v) is 4.98. The maximum atomic E-state index is 13.4. The SMILES string of the molecule is COc1ccc(N2C(=S)N(Cc3ccc(F)cc3)[C@H]3[C@@H](O)[C@H](O)C[C@@H](C(N)=O)[C@@H]32)cc1. The van der Waals surface area contributed by atoms with Crippen LogP contribution < -0.4 is 15.4 Å². The van der Waals surface area contributed by atoms with Crippen LogP contribution in [0, 0.1) is 11.7 Å². The van der Waals surface area contributed by atoms with Crippen LogP contribution >= 0.6 is 12.2 Å². The van der Waals surface area contributed by atoms with Gasteiger partial charge in [0.25, 0.3) is 0 Å². The van der Waals surface area contributed by atoms with Gasteiger partial charge < -0.3 is 30.5 Å². The first-order valence-corrected chi connectivity index (χ1v) is 10.4. The standard InChI is InChI=1S/C22H24FN3O4S/c1-30-15-8-6-14(7-9-15)26-18-16(21(24)29)10-17(27)20(28)19(18)25(22(26)31)11-12-2-4-13(23)5-3-12/h2-9,16-20,27-28H,10-11H2,1H3,(H2,24,29)/t16-,17-,18+,19-,20+/m1/s1. The van der Waals surface area contributed by atoms with Gasteiger partial charge in [-0.3, -0.25) is 4.79 Å². The van der Waals surface area contributed by atoms with Crippen molar-refractivity contribution in [3.8, 4) is 5.75 Å². The zero-order valence-electron chi connectivity index (χ0n) is 16.9. The average Bonchev–Trinajstić information content (AvgIpc) is 3.04. The van der Waals surface area contributed by atoms with Gasteiger partial charge in [-0.15, -0.1) is 0 Å². The van der Waals surface area contributed by atoms with Gasteiger partial charge in [-0.05, 0) is 60.6 Å². The molecule has 1 heterocycles. The number of primary amides is 1. The summed E-state index contributed by atoms with van der Waals surface area (Å²) < 4.78 is 18.6. The molecule has 31 heavy (non-hydrogen) atoms. The number of carbonyl (C=O) groups excluding carboxylic acids is 1. The summed E-state index contributed by atoms with van der Waals surface area (Å²) in [5, 5.41) is 21.8. The van der Waals surface area contributed by atoms with Crippen molar-refractivity contribution in [2.45, 2.75) is 37.3 Å². The highest BCUT2D eigenvalue weighted by molar-refractivity contribution is 7.80. The number of hydrogen-bond donors (Lipinski definition) is 3. The summed E-state index contributed by atoms with van der Waals surface area (Å²) in [5.74, 6) is -0.973. The number of rotatable bonds is 5. The van der Waals surface area contributed by atoms with Crippen LogP contribution in [-0.4, -0.2) is 57.5 Å². The van der Waals surface area contributed by atoms with Crippen LogP contribution in [0.1, 0.15) is 12.0 Å². The second-order valence-electron chi connectivity index (χ2n) is 7.89. The van der Waals surface area contributed by atoms with Crippen molar-refractivity contribution in [3.05, 3.63) is 59.9 Å². The number of anilines is 1. The van der Waals surface area contributed by atoms with Gasteiger partial charge in [0.15, 0.2) is 5.11 Å². The summed E-state index contributed by atoms with van der Waals surface area (Å²) >= 11 is 5.78. The van der Waals surface area contributed by atoms with E-state index in [4.69, 9.17) is 22.7 Å². The molecular weight excluding hydrogens is 421 g/mol. The molecule has 0 unspecified atom stereocenters. The number of amides is 1. The Hall–Kier alpha value is -2.75. The molecule has 1 aliphatic heterocycles. The topological polar surface area (TPSA) is 99.3 Å². The highest BCUT2D eigenvalue weighted by Crippen LogP contribution is 2.41. The normalized spacial score (nSPS) is 27.9. The number of aliphatic hydroxyl groups excluding tert-OH is 2. The van der Waals surface area contributed by atoms with Crippen LogP contribution in [0.25, 0.3) is 0 Å². The maximum Gasteiger partial charge on any atom is 0.222 e. The van der Waals surface area contributed by atoms with Gasteiger partial charge >= 0.3 is 0 Å². The third-order valence-electron chi connectivity index (χ3n) is 6.09. The predicted octanol–water partition coefficient (Wildman–Crippen LogP) is 1.41. The first kappa shape index (κ1) is 21.5. The number of benzene rings is 2. The minimum atomic E-state index is -1.14. The fourth-order valence-electron chi connectivity index (χ4n) is 4.57. The first-order chi connectivity index (χ1) is 14.8. The highest BCUT2D eigenvalue weighted by atomic mass is 32.1. The smallest absolute Gasteiger partial charge is 0.222 e. The fraction of sp³-hybridized carbons (Fsp3) is 0.364. The third-order valence-corrected chi connectivity index (χ3v) is 6.52. The summed E-state index contributed by atoms with van der Waals surface area (Å²) in [5.41, 5.74) is 7.19. The van der Waals surface area contributed by atoms with E-state index in [0.717, 1.165) is 11.3 Å². The van der Waals surface area contributed by atoms with E-state index in [1.807, 2.05) is 17.0 Å². The Kier molecular flexibility index (Phi) is 5.83. The predicted molar refractivity (Wildman–Crippen MR) is 117 cm³/mol. The van der Waals surface area contributed by atoms with Crippen molar-refractivity contribution in [1.82, 2.24) is 4.90 Å². The lowest BCUT2D eigenvalue weighted by molar-refractivity contribution is -0.129. The number of thiocarbonyl (C=S) groups is 1. The van der Waals surface area contributed by atoms with Gasteiger partial charge in [0, 0.05) is 12.2 Å².